The maximum absolute atomic E-state index is 13.2. The van der Waals surface area contributed by atoms with Crippen molar-refractivity contribution in [3.63, 3.8) is 0 Å². The van der Waals surface area contributed by atoms with E-state index in [0.29, 0.717) is 26.1 Å². The lowest BCUT2D eigenvalue weighted by molar-refractivity contribution is -0.131. The number of piperidine rings is 1. The van der Waals surface area contributed by atoms with Crippen molar-refractivity contribution in [1.29, 1.82) is 0 Å². The first-order valence-electron chi connectivity index (χ1n) is 8.16. The Morgan fingerprint density at radius 2 is 1.96 bits per heavy atom. The Balaban J connectivity index is 1.46. The molecule has 1 N–H and O–H groups in total. The summed E-state index contributed by atoms with van der Waals surface area (Å²) >= 11 is 0. The number of carbonyl (C=O) groups excluding carboxylic acids is 1. The molecule has 2 fully saturated rings. The number of amides is 1. The van der Waals surface area contributed by atoms with Gasteiger partial charge in [-0.1, -0.05) is 0 Å². The molecule has 1 atom stereocenters. The summed E-state index contributed by atoms with van der Waals surface area (Å²) < 4.78 is 27.9. The Bertz CT molecular complexity index is 560. The van der Waals surface area contributed by atoms with Gasteiger partial charge in [0, 0.05) is 45.4 Å². The lowest BCUT2D eigenvalue weighted by atomic mass is 10.00. The molecule has 3 heterocycles. The quantitative estimate of drug-likeness (QED) is 0.793. The topological polar surface area (TPSA) is 87.4 Å². The number of tetrazole rings is 1. The second kappa shape index (κ2) is 6.67. The number of alkyl halides is 2. The molecule has 24 heavy (non-hydrogen) atoms. The van der Waals surface area contributed by atoms with Gasteiger partial charge in [-0.05, 0) is 16.8 Å². The van der Waals surface area contributed by atoms with Crippen LogP contribution in [-0.4, -0.2) is 85.3 Å². The molecule has 1 aromatic heterocycles. The minimum Gasteiger partial charge on any atom is -0.387 e. The van der Waals surface area contributed by atoms with Crippen LogP contribution in [0.2, 0.25) is 0 Å². The molecule has 1 aromatic rings. The van der Waals surface area contributed by atoms with Gasteiger partial charge in [-0.15, -0.1) is 5.10 Å². The summed E-state index contributed by atoms with van der Waals surface area (Å²) in [7, 11) is 0. The number of aromatic nitrogens is 4. The van der Waals surface area contributed by atoms with E-state index in [2.05, 4.69) is 15.5 Å². The Labute approximate surface area is 138 Å². The molecule has 0 spiro atoms. The summed E-state index contributed by atoms with van der Waals surface area (Å²) in [5, 5.41) is 21.4. The van der Waals surface area contributed by atoms with E-state index in [0.717, 1.165) is 0 Å². The predicted molar refractivity (Wildman–Crippen MR) is 79.2 cm³/mol. The van der Waals surface area contributed by atoms with Gasteiger partial charge in [0.25, 0.3) is 5.92 Å². The van der Waals surface area contributed by atoms with Gasteiger partial charge in [-0.3, -0.25) is 9.69 Å². The normalized spacial score (nSPS) is 27.5. The van der Waals surface area contributed by atoms with E-state index in [1.807, 2.05) is 4.90 Å². The van der Waals surface area contributed by atoms with Gasteiger partial charge in [-0.25, -0.2) is 13.5 Å². The van der Waals surface area contributed by atoms with Crippen LogP contribution >= 0.6 is 0 Å². The van der Waals surface area contributed by atoms with Crippen molar-refractivity contribution in [2.24, 2.45) is 0 Å². The van der Waals surface area contributed by atoms with Gasteiger partial charge >= 0.3 is 0 Å². The molecule has 0 saturated carbocycles. The smallest absolute Gasteiger partial charge is 0.250 e. The first-order valence-corrected chi connectivity index (χ1v) is 8.16. The van der Waals surface area contributed by atoms with E-state index in [-0.39, 0.29) is 44.8 Å². The van der Waals surface area contributed by atoms with Gasteiger partial charge < -0.3 is 10.0 Å². The molecular weight excluding hydrogens is 322 g/mol. The van der Waals surface area contributed by atoms with Crippen molar-refractivity contribution < 1.29 is 18.7 Å². The molecule has 0 aromatic carbocycles. The van der Waals surface area contributed by atoms with Crippen LogP contribution in [0.3, 0.4) is 0 Å². The summed E-state index contributed by atoms with van der Waals surface area (Å²) in [6.07, 6.45) is 1.84. The van der Waals surface area contributed by atoms with Crippen molar-refractivity contribution in [2.75, 3.05) is 32.7 Å². The molecule has 1 amide bonds. The van der Waals surface area contributed by atoms with Gasteiger partial charge in [-0.2, -0.15) is 0 Å². The van der Waals surface area contributed by atoms with Crippen molar-refractivity contribution in [3.8, 4) is 0 Å². The zero-order valence-electron chi connectivity index (χ0n) is 13.4. The zero-order valence-corrected chi connectivity index (χ0v) is 13.4. The third-order valence-electron chi connectivity index (χ3n) is 4.74. The highest BCUT2D eigenvalue weighted by Crippen LogP contribution is 2.30. The number of hydrogen-bond acceptors (Lipinski definition) is 6. The first kappa shape index (κ1) is 17.2. The second-order valence-corrected chi connectivity index (χ2v) is 6.74. The molecule has 2 aliphatic heterocycles. The maximum Gasteiger partial charge on any atom is 0.250 e. The van der Waals surface area contributed by atoms with Crippen LogP contribution in [0.1, 0.15) is 25.7 Å². The molecule has 0 radical (unpaired) electrons. The number of nitrogens with zero attached hydrogens (tertiary/aromatic N) is 6. The van der Waals surface area contributed by atoms with E-state index in [1.165, 1.54) is 11.0 Å². The number of carbonyl (C=O) groups is 1. The molecule has 0 aliphatic carbocycles. The number of halogens is 2. The minimum absolute atomic E-state index is 0.0633. The van der Waals surface area contributed by atoms with Gasteiger partial charge in [0.15, 0.2) is 0 Å². The molecule has 2 saturated heterocycles. The predicted octanol–water partition coefficient (Wildman–Crippen LogP) is -0.242. The highest BCUT2D eigenvalue weighted by molar-refractivity contribution is 5.76. The van der Waals surface area contributed by atoms with Crippen LogP contribution in [0.25, 0.3) is 0 Å². The van der Waals surface area contributed by atoms with Crippen LogP contribution in [0.4, 0.5) is 8.78 Å². The SMILES string of the molecule is O=C(CCn1cnnn1)N1CC[C@](O)(CN2CCC(F)(F)CC2)C1. The lowest BCUT2D eigenvalue weighted by Crippen LogP contribution is -2.49. The van der Waals surface area contributed by atoms with Crippen LogP contribution in [-0.2, 0) is 11.3 Å². The van der Waals surface area contributed by atoms with Crippen LogP contribution in [0, 0.1) is 0 Å². The Kier molecular flexibility index (Phi) is 4.77. The molecule has 2 aliphatic rings. The van der Waals surface area contributed by atoms with E-state index >= 15 is 0 Å². The highest BCUT2D eigenvalue weighted by Gasteiger charge is 2.41. The van der Waals surface area contributed by atoms with Crippen molar-refractivity contribution in [3.05, 3.63) is 6.33 Å². The third-order valence-corrected chi connectivity index (χ3v) is 4.74. The maximum atomic E-state index is 13.2. The van der Waals surface area contributed by atoms with Crippen LogP contribution in [0.15, 0.2) is 6.33 Å². The highest BCUT2D eigenvalue weighted by atomic mass is 19.3. The monoisotopic (exact) mass is 344 g/mol. The van der Waals surface area contributed by atoms with E-state index < -0.39 is 11.5 Å². The standard InChI is InChI=1S/C14H22F2N6O2/c15-14(16)3-6-20(7-4-14)9-13(24)2-8-21(10-13)12(23)1-5-22-11-17-18-19-22/h11,24H,1-10H2/t13-/m0/s1. The molecule has 134 valence electrons. The number of likely N-dealkylation sites (tertiary alicyclic amines) is 2. The number of hydrogen-bond donors (Lipinski definition) is 1. The van der Waals surface area contributed by atoms with Crippen LogP contribution in [0.5, 0.6) is 0 Å². The molecule has 0 bridgehead atoms. The second-order valence-electron chi connectivity index (χ2n) is 6.74. The van der Waals surface area contributed by atoms with Crippen molar-refractivity contribution in [2.45, 2.75) is 43.8 Å². The summed E-state index contributed by atoms with van der Waals surface area (Å²) in [6.45, 7) is 2.01. The summed E-state index contributed by atoms with van der Waals surface area (Å²) in [4.78, 5) is 15.7. The summed E-state index contributed by atoms with van der Waals surface area (Å²) in [5.41, 5.74) is -1.02. The van der Waals surface area contributed by atoms with Crippen LogP contribution < -0.4 is 0 Å². The molecular formula is C14H22F2N6O2. The third kappa shape index (κ3) is 4.23. The summed E-state index contributed by atoms with van der Waals surface area (Å²) in [6, 6.07) is 0. The van der Waals surface area contributed by atoms with Crippen molar-refractivity contribution in [1.82, 2.24) is 30.0 Å². The Morgan fingerprint density at radius 3 is 2.62 bits per heavy atom. The fourth-order valence-corrected chi connectivity index (χ4v) is 3.30. The number of aryl methyl sites for hydroxylation is 1. The number of β-amino-alcohol motifs (C(OH)–C–C–N with tert-alkyl or cyclic N) is 1. The minimum atomic E-state index is -2.59. The zero-order chi connectivity index (χ0) is 17.2. The van der Waals surface area contributed by atoms with E-state index in [4.69, 9.17) is 0 Å². The lowest BCUT2D eigenvalue weighted by Gasteiger charge is -2.36. The largest absolute Gasteiger partial charge is 0.387 e. The fraction of sp³-hybridized carbons (Fsp3) is 0.857. The number of rotatable bonds is 5. The van der Waals surface area contributed by atoms with E-state index in [9.17, 15) is 18.7 Å². The number of aliphatic hydroxyl groups is 1. The average Bonchev–Trinajstić information content (AvgIpc) is 3.17. The Morgan fingerprint density at radius 1 is 1.21 bits per heavy atom. The van der Waals surface area contributed by atoms with Gasteiger partial charge in [0.05, 0.1) is 18.7 Å². The molecule has 3 rings (SSSR count). The molecule has 10 heteroatoms. The fourth-order valence-electron chi connectivity index (χ4n) is 3.30. The molecule has 8 nitrogen and oxygen atoms in total. The average molecular weight is 344 g/mol. The Hall–Kier alpha value is -1.68. The van der Waals surface area contributed by atoms with Gasteiger partial charge in [0.1, 0.15) is 6.33 Å². The first-order chi connectivity index (χ1) is 11.4. The molecule has 0 unspecified atom stereocenters. The summed E-state index contributed by atoms with van der Waals surface area (Å²) in [5.74, 6) is -2.65. The van der Waals surface area contributed by atoms with Crippen molar-refractivity contribution >= 4 is 5.91 Å². The van der Waals surface area contributed by atoms with Gasteiger partial charge in [0.2, 0.25) is 5.91 Å². The van der Waals surface area contributed by atoms with E-state index in [1.54, 1.807) is 4.90 Å².